The molecular formula is C92H116N14O22S4. The molecule has 710 valence electrons. The number of carboxylic acid groups (broad SMARTS) is 2. The number of piperidine rings is 1. The van der Waals surface area contributed by atoms with Gasteiger partial charge in [-0.15, -0.1) is 6.42 Å². The first kappa shape index (κ1) is 100. The monoisotopic (exact) mass is 1900 g/mol. The number of anilines is 3. The minimum atomic E-state index is -2.62. The van der Waals surface area contributed by atoms with E-state index in [1.54, 1.807) is 44.5 Å². The van der Waals surface area contributed by atoms with Crippen molar-refractivity contribution in [2.24, 2.45) is 23.2 Å². The summed E-state index contributed by atoms with van der Waals surface area (Å²) < 4.78 is 23.2. The van der Waals surface area contributed by atoms with Crippen molar-refractivity contribution in [3.63, 3.8) is 0 Å². The van der Waals surface area contributed by atoms with Crippen molar-refractivity contribution in [2.45, 2.75) is 177 Å². The largest absolute Gasteiger partial charge is 0.496 e. The number of aromatic nitrogens is 3. The van der Waals surface area contributed by atoms with Crippen LogP contribution in [0, 0.1) is 35.5 Å². The number of aliphatic hydroxyl groups excluding tert-OH is 1. The minimum Gasteiger partial charge on any atom is -0.496 e. The number of esters is 1. The number of carbonyl (C=O) groups excluding carboxylic acids is 10. The highest BCUT2D eigenvalue weighted by molar-refractivity contribution is 8.77. The lowest BCUT2D eigenvalue weighted by molar-refractivity contribution is -0.204. The van der Waals surface area contributed by atoms with E-state index in [-0.39, 0.29) is 99.6 Å². The number of likely N-dealkylation sites (N-methyl/N-ethyl adjacent to an activating group) is 1. The van der Waals surface area contributed by atoms with Gasteiger partial charge in [0.1, 0.15) is 49.5 Å². The summed E-state index contributed by atoms with van der Waals surface area (Å²) in [6.07, 6.45) is 8.56. The van der Waals surface area contributed by atoms with Gasteiger partial charge in [0.25, 0.3) is 23.8 Å². The molecule has 12 rings (SSSR count). The number of aromatic amines is 2. The van der Waals surface area contributed by atoms with Crippen LogP contribution in [-0.4, -0.2) is 272 Å². The van der Waals surface area contributed by atoms with E-state index < -0.39 is 147 Å². The quantitative estimate of drug-likeness (QED) is 0.00324. The molecule has 5 aliphatic heterocycles. The number of ketones is 2. The first-order chi connectivity index (χ1) is 63.1. The zero-order chi connectivity index (χ0) is 95.2. The lowest BCUT2D eigenvalue weighted by Gasteiger charge is -2.63. The van der Waals surface area contributed by atoms with E-state index in [0.717, 1.165) is 33.3 Å². The number of H-pyrrole nitrogens is 2. The van der Waals surface area contributed by atoms with Crippen LogP contribution >= 0.6 is 43.2 Å². The van der Waals surface area contributed by atoms with E-state index >= 15 is 4.79 Å². The Bertz CT molecular complexity index is 5450. The van der Waals surface area contributed by atoms with Crippen molar-refractivity contribution in [3.05, 3.63) is 135 Å². The summed E-state index contributed by atoms with van der Waals surface area (Å²) in [6, 6.07) is 17.9. The van der Waals surface area contributed by atoms with Crippen molar-refractivity contribution in [3.8, 4) is 18.1 Å². The van der Waals surface area contributed by atoms with Gasteiger partial charge in [-0.2, -0.15) is 0 Å². The van der Waals surface area contributed by atoms with Crippen molar-refractivity contribution in [1.29, 1.82) is 0 Å². The highest BCUT2D eigenvalue weighted by atomic mass is 33.1. The van der Waals surface area contributed by atoms with Gasteiger partial charge in [-0.3, -0.25) is 68.2 Å². The topological polar surface area (TPSA) is 516 Å². The molecular weight excluding hydrogens is 1780 g/mol. The molecule has 132 heavy (non-hydrogen) atoms. The second-order valence-electron chi connectivity index (χ2n) is 34.9. The fourth-order valence-electron chi connectivity index (χ4n) is 20.1. The third-order valence-electron chi connectivity index (χ3n) is 26.4. The molecule has 6 aliphatic rings. The molecule has 6 amide bonds. The molecule has 0 radical (unpaired) electrons. The third-order valence-corrected chi connectivity index (χ3v) is 31.2. The Morgan fingerprint density at radius 2 is 1.49 bits per heavy atom. The van der Waals surface area contributed by atoms with E-state index in [1.165, 1.54) is 76.1 Å². The highest BCUT2D eigenvalue weighted by Gasteiger charge is 2.79. The number of hydrogen-bond acceptors (Lipinski definition) is 30. The number of terminal acetylenes is 1. The smallest absolute Gasteiger partial charge is 0.426 e. The highest BCUT2D eigenvalue weighted by Crippen LogP contribution is 2.68. The number of benzene rings is 4. The van der Waals surface area contributed by atoms with E-state index in [4.69, 9.17) is 31.1 Å². The molecule has 1 spiro atoms. The molecule has 40 heteroatoms. The number of aliphatic hydroxyl groups is 3. The molecule has 36 nitrogen and oxygen atoms in total. The summed E-state index contributed by atoms with van der Waals surface area (Å²) in [4.78, 5) is 188. The normalized spacial score (nSPS) is 23.8. The van der Waals surface area contributed by atoms with Crippen molar-refractivity contribution in [2.75, 3.05) is 118 Å². The number of nitrogens with one attached hydrogen (secondary N) is 8. The number of methoxy groups -OCH3 is 1. The molecule has 7 heterocycles. The van der Waals surface area contributed by atoms with Gasteiger partial charge in [0.2, 0.25) is 23.7 Å². The third kappa shape index (κ3) is 21.9. The molecule has 3 fully saturated rings. The molecule has 2 aromatic heterocycles. The van der Waals surface area contributed by atoms with E-state index in [0.29, 0.717) is 129 Å². The Balaban J connectivity index is 0.534. The molecule has 15 N–H and O–H groups in total. The molecule has 3 unspecified atom stereocenters. The number of carboxylic acids is 2. The number of ether oxygens (including phenoxy) is 4. The average Bonchev–Trinajstić information content (AvgIpc) is 1.47. The number of para-hydroxylation sites is 1. The molecule has 1 saturated carbocycles. The van der Waals surface area contributed by atoms with Crippen molar-refractivity contribution in [1.82, 2.24) is 56.9 Å². The molecule has 2 bridgehead atoms. The molecule has 6 aromatic rings. The Morgan fingerprint density at radius 3 is 2.20 bits per heavy atom. The summed E-state index contributed by atoms with van der Waals surface area (Å²) in [5, 5.41) is 69.9. The number of hydrazine groups is 1. The van der Waals surface area contributed by atoms with Crippen molar-refractivity contribution < 1.29 is 102 Å². The standard InChI is InChI=1S/C92H116N14O22S4/c1-9-30-106(49-56-17-22-67-63(42-56)79(115)100-86(93)99-67)59-20-18-58(19-21-59)78(114)97-68(80(116)117)23-24-74(111)127-34-38-131-129-36-26-60(108)40-53(4)76(112)95-55(6)71(109)41-54(5)77(113)98-69(81(118)119)47-94-73(110)27-37-130-132-39-35-128-87(122)102-101-85(121)92(124)83-91(29-33-105-31-14-28-89(11-3,82(91)105)84(92)120)64-43-65(72(125-8)44-70(64)103(83)7)90(51-126-52-107)46-57-45-88(123,10-2)50-104(48-57)32-25-62-61-15-12-13-16-66(61)96-75(62)90/h1,12-22,28,42-44,52-55,57,68-69,82-84,96,120,123-124H,10-11,23-27,29-41,45-51H2,2-8H3,(H,94,110)(H,95,112)(H,97,114)(H,98,113)(H,101,121)(H,102,122)(H,116,117)(H,118,119)(H3,93,99,100,115)/t53-,54-,55+,57?,68+,69?,82+,83-,84-,88+,89-,90+,91-,92-/m1/s1. The molecule has 15 atom stereocenters. The maximum Gasteiger partial charge on any atom is 0.426 e. The van der Waals surface area contributed by atoms with Gasteiger partial charge in [0.15, 0.2) is 11.4 Å². The first-order valence-electron chi connectivity index (χ1n) is 44.1. The maximum absolute atomic E-state index is 15.2. The Morgan fingerprint density at radius 1 is 0.788 bits per heavy atom. The van der Waals surface area contributed by atoms with Crippen LogP contribution in [-0.2, 0) is 86.0 Å². The number of hydrogen-bond donors (Lipinski definition) is 14. The predicted octanol–water partition coefficient (Wildman–Crippen LogP) is 5.59. The maximum atomic E-state index is 15.2. The first-order valence-corrected chi connectivity index (χ1v) is 49.1. The zero-order valence-corrected chi connectivity index (χ0v) is 78.0. The summed E-state index contributed by atoms with van der Waals surface area (Å²) in [7, 11) is 8.52. The van der Waals surface area contributed by atoms with Crippen LogP contribution in [0.25, 0.3) is 21.8 Å². The van der Waals surface area contributed by atoms with Gasteiger partial charge >= 0.3 is 24.0 Å². The summed E-state index contributed by atoms with van der Waals surface area (Å²) in [6.45, 7) is 11.4. The van der Waals surface area contributed by atoms with Crippen LogP contribution in [0.5, 0.6) is 5.75 Å². The fourth-order valence-corrected chi connectivity index (χ4v) is 23.8. The molecule has 1 aliphatic carbocycles. The number of nitrogens with zero attached hydrogens (tertiary/aromatic N) is 5. The average molecular weight is 1900 g/mol. The number of aliphatic carboxylic acids is 2. The van der Waals surface area contributed by atoms with Crippen LogP contribution in [0.4, 0.5) is 22.1 Å². The van der Waals surface area contributed by atoms with Crippen molar-refractivity contribution >= 4 is 154 Å². The van der Waals surface area contributed by atoms with Crippen LogP contribution in [0.3, 0.4) is 0 Å². The number of carbonyl (C=O) groups is 12. The van der Waals surface area contributed by atoms with E-state index in [9.17, 15) is 83.1 Å². The van der Waals surface area contributed by atoms with Gasteiger partial charge in [-0.1, -0.05) is 113 Å². The Kier molecular flexibility index (Phi) is 33.3. The Labute approximate surface area is 779 Å². The summed E-state index contributed by atoms with van der Waals surface area (Å²) >= 11 is 0. The lowest BCUT2D eigenvalue weighted by atomic mass is 9.47. The minimum absolute atomic E-state index is 0.00536. The van der Waals surface area contributed by atoms with E-state index in [2.05, 4.69) is 74.9 Å². The van der Waals surface area contributed by atoms with Gasteiger partial charge in [-0.25, -0.2) is 24.8 Å². The second kappa shape index (κ2) is 43.9. The predicted molar refractivity (Wildman–Crippen MR) is 500 cm³/mol. The zero-order valence-electron chi connectivity index (χ0n) is 74.7. The fraction of sp³-hybridized carbons (Fsp3) is 0.522. The molecule has 4 aromatic carbocycles. The summed E-state index contributed by atoms with van der Waals surface area (Å²) in [5.74, 6) is -5.75. The number of fused-ring (bicyclic) bond motifs is 7. The van der Waals surface area contributed by atoms with Crippen LogP contribution < -0.4 is 57.9 Å². The number of Topliss-reactive ketones (excluding diaryl/α,β-unsaturated/α-hetero) is 2. The van der Waals surface area contributed by atoms with Gasteiger partial charge in [-0.05, 0) is 130 Å². The van der Waals surface area contributed by atoms with Gasteiger partial charge < -0.3 is 86.3 Å². The number of amides is 6. The number of nitrogen functional groups attached to an aromatic ring is 1. The number of nitrogens with two attached hydrogens (primary N) is 1. The van der Waals surface area contributed by atoms with Crippen LogP contribution in [0.15, 0.2) is 95.8 Å². The van der Waals surface area contributed by atoms with Crippen LogP contribution in [0.2, 0.25) is 0 Å². The van der Waals surface area contributed by atoms with Gasteiger partial charge in [0, 0.05) is 175 Å². The van der Waals surface area contributed by atoms with E-state index in [1.807, 2.05) is 60.1 Å². The SMILES string of the molecule is C#CCN(Cc1ccc2nc(N)[nH]c(=O)c2c1)c1ccc(C(=O)N[C@@H](CCC(=O)OCCSSCCC(=O)C[C@@H](C)C(=O)N[C@@H](C)C(=O)C[C@@H](C)C(=O)NC(CNC(=O)CCSSCCOC(=O)NNC(=O)[C@]2(O)[C@H](O)[C@]3(CC)C=CCN4CC[C@@]5(c6cc([C@@]7(COC=O)CC8CN(CCc9c7[nH]c7ccccc97)C[C@](O)(CC)C8)c(OC)cc6N(C)[C@@H]25)[C@@H]43)C(=O)O)C(=O)O)cc1. The van der Waals surface area contributed by atoms with Crippen LogP contribution in [0.1, 0.15) is 144 Å². The molecule has 2 saturated heterocycles. The summed E-state index contributed by atoms with van der Waals surface area (Å²) in [5.41, 5.74) is 9.97. The second-order valence-corrected chi connectivity index (χ2v) is 40.3. The number of rotatable bonds is 44. The van der Waals surface area contributed by atoms with Gasteiger partial charge in [0.05, 0.1) is 47.7 Å². The lowest BCUT2D eigenvalue weighted by Crippen LogP contribution is -2.82. The Hall–Kier alpha value is -10.9.